The van der Waals surface area contributed by atoms with Crippen LogP contribution in [0.5, 0.6) is 0 Å². The molecule has 0 aromatic rings. The first-order chi connectivity index (χ1) is 3.46. The maximum absolute atomic E-state index is 9.11. The summed E-state index contributed by atoms with van der Waals surface area (Å²) in [5.41, 5.74) is 0. The molecule has 0 amide bonds. The van der Waals surface area contributed by atoms with Crippen LogP contribution < -0.4 is 10.2 Å². The van der Waals surface area contributed by atoms with Crippen LogP contribution in [0.1, 0.15) is 13.8 Å². The molecule has 0 saturated carbocycles. The molecule has 0 bridgehead atoms. The maximum atomic E-state index is 9.11. The molecule has 48 valence electrons. The van der Waals surface area contributed by atoms with Crippen molar-refractivity contribution < 1.29 is 10.2 Å². The number of hydrogen-bond acceptors (Lipinski definition) is 4. The zero-order valence-electron chi connectivity index (χ0n) is 5.52. The molecule has 2 N–H and O–H groups in total. The summed E-state index contributed by atoms with van der Waals surface area (Å²) in [4.78, 5) is 0. The predicted octanol–water partition coefficient (Wildman–Crippen LogP) is -1.69. The second kappa shape index (κ2) is 11.1. The molecule has 0 aliphatic heterocycles. The van der Waals surface area contributed by atoms with Crippen molar-refractivity contribution in [3.05, 3.63) is 0 Å². The summed E-state index contributed by atoms with van der Waals surface area (Å²) in [6.07, 6.45) is 0. The van der Waals surface area contributed by atoms with Crippen LogP contribution >= 0.6 is 0 Å². The van der Waals surface area contributed by atoms with Gasteiger partial charge >= 0.3 is 37.7 Å². The Morgan fingerprint density at radius 1 is 1.00 bits per heavy atom. The van der Waals surface area contributed by atoms with Crippen molar-refractivity contribution >= 4 is 49.5 Å². The molecule has 0 rings (SSSR count). The van der Waals surface area contributed by atoms with E-state index in [2.05, 4.69) is 0 Å². The predicted molar refractivity (Wildman–Crippen MR) is 32.6 cm³/mol. The van der Waals surface area contributed by atoms with Gasteiger partial charge in [0.15, 0.2) is 0 Å². The van der Waals surface area contributed by atoms with E-state index in [-0.39, 0.29) is 37.7 Å². The summed E-state index contributed by atoms with van der Waals surface area (Å²) >= 11 is 0. The Morgan fingerprint density at radius 2 is 1.00 bits per heavy atom. The minimum atomic E-state index is -0.583. The average molecular weight is 156 g/mol. The fourth-order valence-electron chi connectivity index (χ4n) is 0. The van der Waals surface area contributed by atoms with E-state index in [9.17, 15) is 0 Å². The van der Waals surface area contributed by atoms with E-state index in [1.54, 1.807) is 0 Å². The Kier molecular flexibility index (Phi) is 19.8. The fraction of sp³-hybridized carbons (Fsp3) is 0.500. The van der Waals surface area contributed by atoms with Crippen molar-refractivity contribution in [3.63, 3.8) is 0 Å². The first kappa shape index (κ1) is 16.1. The van der Waals surface area contributed by atoms with Gasteiger partial charge in [-0.2, -0.15) is 0 Å². The molecule has 0 atom stereocenters. The molecule has 9 heavy (non-hydrogen) atoms. The van der Waals surface area contributed by atoms with Crippen molar-refractivity contribution in [2.45, 2.75) is 13.8 Å². The van der Waals surface area contributed by atoms with E-state index in [4.69, 9.17) is 21.0 Å². The molecule has 0 aromatic carbocycles. The van der Waals surface area contributed by atoms with E-state index in [0.29, 0.717) is 0 Å². The third kappa shape index (κ3) is 7900. The maximum Gasteiger partial charge on any atom is 2.00 e. The van der Waals surface area contributed by atoms with E-state index in [1.165, 1.54) is 13.8 Å². The molecule has 0 aliphatic rings. The Bertz CT molecular complexity index is 74.6. The molecule has 0 aliphatic carbocycles. The van der Waals surface area contributed by atoms with Gasteiger partial charge in [0.2, 0.25) is 0 Å². The molecule has 0 saturated heterocycles. The summed E-state index contributed by atoms with van der Waals surface area (Å²) in [6, 6.07) is 0. The summed E-state index contributed by atoms with van der Waals surface area (Å²) in [6.45, 7) is 2.39. The van der Waals surface area contributed by atoms with Crippen LogP contribution in [0.2, 0.25) is 0 Å². The third-order valence-electron chi connectivity index (χ3n) is 0. The minimum Gasteiger partial charge on any atom is -0.862 e. The molecule has 0 heterocycles. The Balaban J connectivity index is -0.0000000720. The van der Waals surface area contributed by atoms with Gasteiger partial charge in [-0.25, -0.2) is 0 Å². The number of rotatable bonds is 0. The fourth-order valence-corrected chi connectivity index (χ4v) is 0. The van der Waals surface area contributed by atoms with Crippen LogP contribution in [-0.2, 0) is 0 Å². The zero-order chi connectivity index (χ0) is 7.15. The van der Waals surface area contributed by atoms with E-state index in [0.717, 1.165) is 0 Å². The quantitative estimate of drug-likeness (QED) is 0.248. The summed E-state index contributed by atoms with van der Waals surface area (Å²) in [5.74, 6) is -1.17. The van der Waals surface area contributed by atoms with Gasteiger partial charge in [0.05, 0.1) is 0 Å². The molecule has 4 nitrogen and oxygen atoms in total. The van der Waals surface area contributed by atoms with Gasteiger partial charge in [-0.1, -0.05) is 0 Å². The van der Waals surface area contributed by atoms with Crippen LogP contribution in [0, 0.1) is 10.8 Å². The van der Waals surface area contributed by atoms with Crippen LogP contribution in [-0.4, -0.2) is 49.5 Å². The molecule has 0 spiro atoms. The Morgan fingerprint density at radius 3 is 1.00 bits per heavy atom. The van der Waals surface area contributed by atoms with Crippen molar-refractivity contribution in [2.24, 2.45) is 0 Å². The van der Waals surface area contributed by atoms with Gasteiger partial charge in [0.25, 0.3) is 0 Å². The number of hydrogen-bond donors (Lipinski definition) is 2. The van der Waals surface area contributed by atoms with Crippen molar-refractivity contribution in [1.29, 1.82) is 10.8 Å². The van der Waals surface area contributed by atoms with E-state index in [1.807, 2.05) is 0 Å². The summed E-state index contributed by atoms with van der Waals surface area (Å²) < 4.78 is 0. The van der Waals surface area contributed by atoms with E-state index < -0.39 is 11.8 Å². The van der Waals surface area contributed by atoms with Gasteiger partial charge in [0, 0.05) is 0 Å². The molecule has 0 unspecified atom stereocenters. The first-order valence-corrected chi connectivity index (χ1v) is 1.91. The van der Waals surface area contributed by atoms with Gasteiger partial charge in [-0.05, 0) is 25.6 Å². The smallest absolute Gasteiger partial charge is 0.862 e. The third-order valence-corrected chi connectivity index (χ3v) is 0. The van der Waals surface area contributed by atoms with Gasteiger partial charge < -0.3 is 21.0 Å². The molecule has 0 radical (unpaired) electrons. The molecule has 0 fully saturated rings. The van der Waals surface area contributed by atoms with Crippen LogP contribution in [0.15, 0.2) is 0 Å². The zero-order valence-corrected chi connectivity index (χ0v) is 7.73. The molecular weight excluding hydrogens is 148 g/mol. The topological polar surface area (TPSA) is 93.8 Å². The Hall–Kier alpha value is 0.200. The summed E-state index contributed by atoms with van der Waals surface area (Å²) in [5, 5.41) is 30.1. The standard InChI is InChI=1S/2C2H5NO.Ca/c2*1-2(3)4;/h2*1H3,(H2,3,4);/q;;+2/p-2. The van der Waals surface area contributed by atoms with Gasteiger partial charge in [-0.15, -0.1) is 0 Å². The first-order valence-electron chi connectivity index (χ1n) is 1.91. The molecule has 5 heteroatoms. The normalized spacial score (nSPS) is 5.56. The monoisotopic (exact) mass is 156 g/mol. The van der Waals surface area contributed by atoms with Crippen LogP contribution in [0.3, 0.4) is 0 Å². The second-order valence-electron chi connectivity index (χ2n) is 1.11. The second-order valence-corrected chi connectivity index (χ2v) is 1.11. The SMILES string of the molecule is CC(=N)[O-].CC(=N)[O-].[Ca+2]. The van der Waals surface area contributed by atoms with E-state index >= 15 is 0 Å². The largest absolute Gasteiger partial charge is 2.00 e. The van der Waals surface area contributed by atoms with Gasteiger partial charge in [0.1, 0.15) is 0 Å². The number of nitrogens with one attached hydrogen (secondary N) is 2. The van der Waals surface area contributed by atoms with Crippen LogP contribution in [0.4, 0.5) is 0 Å². The molecule has 0 aromatic heterocycles. The van der Waals surface area contributed by atoms with Gasteiger partial charge in [-0.3, -0.25) is 0 Å². The van der Waals surface area contributed by atoms with Crippen LogP contribution in [0.25, 0.3) is 0 Å². The molecular formula is C4H8CaN2O2. The minimum absolute atomic E-state index is 0. The summed E-state index contributed by atoms with van der Waals surface area (Å²) in [7, 11) is 0. The average Bonchev–Trinajstić information content (AvgIpc) is 1.25. The van der Waals surface area contributed by atoms with Crippen molar-refractivity contribution in [1.82, 2.24) is 0 Å². The Labute approximate surface area is 83.9 Å². The van der Waals surface area contributed by atoms with Crippen molar-refractivity contribution in [3.8, 4) is 0 Å². The van der Waals surface area contributed by atoms with Crippen molar-refractivity contribution in [2.75, 3.05) is 0 Å².